The summed E-state index contributed by atoms with van der Waals surface area (Å²) in [5, 5.41) is 0. The highest BCUT2D eigenvalue weighted by Gasteiger charge is 2.26. The molecule has 1 aliphatic rings. The van der Waals surface area contributed by atoms with E-state index in [0.717, 1.165) is 17.9 Å². The van der Waals surface area contributed by atoms with Gasteiger partial charge in [0.05, 0.1) is 17.4 Å². The SMILES string of the molecule is C[C@H](N)C(=O)N1CCN(C)c2ccccc21.Cl.Cl. The van der Waals surface area contributed by atoms with E-state index in [1.807, 2.05) is 31.3 Å². The minimum atomic E-state index is -0.448. The number of nitrogens with two attached hydrogens (primary N) is 1. The van der Waals surface area contributed by atoms with Gasteiger partial charge in [0.25, 0.3) is 0 Å². The Kier molecular flexibility index (Phi) is 6.46. The first kappa shape index (κ1) is 17.0. The molecule has 0 radical (unpaired) electrons. The van der Waals surface area contributed by atoms with Gasteiger partial charge >= 0.3 is 0 Å². The fraction of sp³-hybridized carbons (Fsp3) is 0.417. The van der Waals surface area contributed by atoms with E-state index in [0.29, 0.717) is 6.54 Å². The quantitative estimate of drug-likeness (QED) is 0.856. The Morgan fingerprint density at radius 1 is 1.22 bits per heavy atom. The predicted molar refractivity (Wildman–Crippen MR) is 80.2 cm³/mol. The molecule has 0 aromatic heterocycles. The third-order valence-electron chi connectivity index (χ3n) is 2.90. The van der Waals surface area contributed by atoms with Crippen molar-refractivity contribution in [3.05, 3.63) is 24.3 Å². The molecule has 1 aromatic rings. The van der Waals surface area contributed by atoms with Crippen molar-refractivity contribution in [2.45, 2.75) is 13.0 Å². The van der Waals surface area contributed by atoms with E-state index in [1.54, 1.807) is 11.8 Å². The lowest BCUT2D eigenvalue weighted by atomic mass is 10.1. The molecule has 1 atom stereocenters. The molecule has 4 nitrogen and oxygen atoms in total. The number of nitrogens with zero attached hydrogens (tertiary/aromatic N) is 2. The molecule has 18 heavy (non-hydrogen) atoms. The molecule has 2 rings (SSSR count). The maximum atomic E-state index is 11.9. The summed E-state index contributed by atoms with van der Waals surface area (Å²) in [7, 11) is 2.03. The zero-order valence-electron chi connectivity index (χ0n) is 10.5. The van der Waals surface area contributed by atoms with Crippen LogP contribution < -0.4 is 15.5 Å². The number of para-hydroxylation sites is 2. The van der Waals surface area contributed by atoms with Crippen molar-refractivity contribution in [2.75, 3.05) is 29.9 Å². The molecule has 0 saturated heterocycles. The molecule has 6 heteroatoms. The molecule has 0 bridgehead atoms. The molecule has 1 amide bonds. The van der Waals surface area contributed by atoms with Crippen molar-refractivity contribution in [1.82, 2.24) is 0 Å². The van der Waals surface area contributed by atoms with Gasteiger partial charge in [0.15, 0.2) is 0 Å². The molecule has 0 unspecified atom stereocenters. The number of anilines is 2. The Morgan fingerprint density at radius 3 is 2.33 bits per heavy atom. The molecule has 0 spiro atoms. The van der Waals surface area contributed by atoms with Gasteiger partial charge in [-0.1, -0.05) is 12.1 Å². The van der Waals surface area contributed by atoms with Gasteiger partial charge in [-0.2, -0.15) is 0 Å². The second kappa shape index (κ2) is 6.83. The second-order valence-electron chi connectivity index (χ2n) is 4.19. The Hall–Kier alpha value is -0.970. The van der Waals surface area contributed by atoms with Crippen molar-refractivity contribution in [3.63, 3.8) is 0 Å². The molecule has 1 aromatic carbocycles. The van der Waals surface area contributed by atoms with Crippen LogP contribution in [0.2, 0.25) is 0 Å². The van der Waals surface area contributed by atoms with Gasteiger partial charge < -0.3 is 15.5 Å². The molecule has 1 aliphatic heterocycles. The summed E-state index contributed by atoms with van der Waals surface area (Å²) in [6, 6.07) is 7.46. The third-order valence-corrected chi connectivity index (χ3v) is 2.90. The normalized spacial score (nSPS) is 15.1. The number of hydrogen-bond acceptors (Lipinski definition) is 3. The maximum absolute atomic E-state index is 11.9. The molecular formula is C12H19Cl2N3O. The fourth-order valence-corrected chi connectivity index (χ4v) is 1.98. The average Bonchev–Trinajstić information content (AvgIpc) is 2.29. The molecule has 0 aliphatic carbocycles. The second-order valence-corrected chi connectivity index (χ2v) is 4.19. The molecule has 102 valence electrons. The number of halogens is 2. The molecular weight excluding hydrogens is 273 g/mol. The van der Waals surface area contributed by atoms with Crippen molar-refractivity contribution in [2.24, 2.45) is 5.73 Å². The van der Waals surface area contributed by atoms with E-state index < -0.39 is 6.04 Å². The van der Waals surface area contributed by atoms with Crippen LogP contribution in [0, 0.1) is 0 Å². The summed E-state index contributed by atoms with van der Waals surface area (Å²) in [5.74, 6) is -0.0134. The van der Waals surface area contributed by atoms with Crippen LogP contribution in [-0.4, -0.2) is 32.1 Å². The van der Waals surface area contributed by atoms with Crippen LogP contribution in [0.25, 0.3) is 0 Å². The number of amides is 1. The van der Waals surface area contributed by atoms with Gasteiger partial charge in [0.1, 0.15) is 0 Å². The first-order valence-corrected chi connectivity index (χ1v) is 5.48. The molecule has 0 saturated carbocycles. The molecule has 1 heterocycles. The maximum Gasteiger partial charge on any atom is 0.243 e. The lowest BCUT2D eigenvalue weighted by Gasteiger charge is -2.36. The van der Waals surface area contributed by atoms with Gasteiger partial charge in [0, 0.05) is 20.1 Å². The van der Waals surface area contributed by atoms with Crippen LogP contribution in [0.1, 0.15) is 6.92 Å². The zero-order chi connectivity index (χ0) is 11.7. The summed E-state index contributed by atoms with van der Waals surface area (Å²) >= 11 is 0. The number of fused-ring (bicyclic) bond motifs is 1. The first-order chi connectivity index (χ1) is 7.61. The van der Waals surface area contributed by atoms with E-state index in [1.165, 1.54) is 0 Å². The summed E-state index contributed by atoms with van der Waals surface area (Å²) in [4.78, 5) is 15.9. The highest BCUT2D eigenvalue weighted by molar-refractivity contribution is 6.00. The molecule has 0 fully saturated rings. The minimum absolute atomic E-state index is 0. The standard InChI is InChI=1S/C12H17N3O.2ClH/c1-9(13)12(16)15-8-7-14(2)10-5-3-4-6-11(10)15;;/h3-6,9H,7-8,13H2,1-2H3;2*1H/t9-;;/m0../s1. The van der Waals surface area contributed by atoms with Gasteiger partial charge in [-0.05, 0) is 19.1 Å². The van der Waals surface area contributed by atoms with Crippen LogP contribution in [0.4, 0.5) is 11.4 Å². The highest BCUT2D eigenvalue weighted by Crippen LogP contribution is 2.31. The predicted octanol–water partition coefficient (Wildman–Crippen LogP) is 1.66. The monoisotopic (exact) mass is 291 g/mol. The van der Waals surface area contributed by atoms with Crippen LogP contribution in [-0.2, 0) is 4.79 Å². The van der Waals surface area contributed by atoms with E-state index in [2.05, 4.69) is 4.90 Å². The van der Waals surface area contributed by atoms with Gasteiger partial charge in [-0.3, -0.25) is 4.79 Å². The van der Waals surface area contributed by atoms with Crippen LogP contribution in [0.15, 0.2) is 24.3 Å². The number of benzene rings is 1. The van der Waals surface area contributed by atoms with Crippen molar-refractivity contribution in [3.8, 4) is 0 Å². The third kappa shape index (κ3) is 3.07. The lowest BCUT2D eigenvalue weighted by Crippen LogP contribution is -2.48. The first-order valence-electron chi connectivity index (χ1n) is 5.48. The van der Waals surface area contributed by atoms with E-state index in [4.69, 9.17) is 5.73 Å². The molecule has 2 N–H and O–H groups in total. The van der Waals surface area contributed by atoms with Crippen LogP contribution in [0.5, 0.6) is 0 Å². The van der Waals surface area contributed by atoms with E-state index in [9.17, 15) is 4.79 Å². The summed E-state index contributed by atoms with van der Waals surface area (Å²) < 4.78 is 0. The number of likely N-dealkylation sites (N-methyl/N-ethyl adjacent to an activating group) is 1. The van der Waals surface area contributed by atoms with Crippen molar-refractivity contribution >= 4 is 42.1 Å². The Morgan fingerprint density at radius 2 is 1.78 bits per heavy atom. The lowest BCUT2D eigenvalue weighted by molar-refractivity contribution is -0.119. The summed E-state index contributed by atoms with van der Waals surface area (Å²) in [5.41, 5.74) is 7.70. The summed E-state index contributed by atoms with van der Waals surface area (Å²) in [6.07, 6.45) is 0. The zero-order valence-corrected chi connectivity index (χ0v) is 12.1. The van der Waals surface area contributed by atoms with E-state index in [-0.39, 0.29) is 30.7 Å². The Balaban J connectivity index is 0.00000144. The fourth-order valence-electron chi connectivity index (χ4n) is 1.98. The van der Waals surface area contributed by atoms with Gasteiger partial charge in [0.2, 0.25) is 5.91 Å². The van der Waals surface area contributed by atoms with Crippen molar-refractivity contribution < 1.29 is 4.79 Å². The minimum Gasteiger partial charge on any atom is -0.371 e. The smallest absolute Gasteiger partial charge is 0.243 e. The Labute approximate surface area is 120 Å². The van der Waals surface area contributed by atoms with Gasteiger partial charge in [-0.15, -0.1) is 24.8 Å². The van der Waals surface area contributed by atoms with E-state index >= 15 is 0 Å². The average molecular weight is 292 g/mol. The topological polar surface area (TPSA) is 49.6 Å². The number of carbonyl (C=O) groups excluding carboxylic acids is 1. The van der Waals surface area contributed by atoms with Crippen LogP contribution >= 0.6 is 24.8 Å². The summed E-state index contributed by atoms with van der Waals surface area (Å²) in [6.45, 7) is 3.27. The van der Waals surface area contributed by atoms with Gasteiger partial charge in [-0.25, -0.2) is 0 Å². The largest absolute Gasteiger partial charge is 0.371 e. The number of carbonyl (C=O) groups is 1. The highest BCUT2D eigenvalue weighted by atomic mass is 35.5. The Bertz CT molecular complexity index is 412. The number of hydrogen-bond donors (Lipinski definition) is 1. The number of rotatable bonds is 1. The van der Waals surface area contributed by atoms with Crippen LogP contribution in [0.3, 0.4) is 0 Å². The van der Waals surface area contributed by atoms with Crippen molar-refractivity contribution in [1.29, 1.82) is 0 Å².